The van der Waals surface area contributed by atoms with Crippen LogP contribution in [0.5, 0.6) is 0 Å². The number of aromatic nitrogens is 2. The van der Waals surface area contributed by atoms with Gasteiger partial charge < -0.3 is 10.3 Å². The van der Waals surface area contributed by atoms with E-state index in [1.165, 1.54) is 4.90 Å². The number of carbonyl (C=O) groups excluding carboxylic acids is 1. The van der Waals surface area contributed by atoms with Crippen LogP contribution in [0.4, 0.5) is 0 Å². The standard InChI is InChI=1S/C23H19N3OS/c1-28-18-13-11-16(12-14-18)15-21(26-23(27)17-7-3-2-4-8-17)22-24-19-9-5-6-10-20(19)25-22/h2-15H,1H3,(H,24,25)(H,26,27)/b21-15+. The Hall–Kier alpha value is -3.31. The molecule has 0 saturated heterocycles. The van der Waals surface area contributed by atoms with Gasteiger partial charge in [0.2, 0.25) is 0 Å². The summed E-state index contributed by atoms with van der Waals surface area (Å²) >= 11 is 1.69. The summed E-state index contributed by atoms with van der Waals surface area (Å²) in [7, 11) is 0. The first-order chi connectivity index (χ1) is 13.7. The van der Waals surface area contributed by atoms with Gasteiger partial charge >= 0.3 is 0 Å². The Balaban J connectivity index is 1.73. The molecule has 0 aliphatic carbocycles. The molecule has 4 nitrogen and oxygen atoms in total. The van der Waals surface area contributed by atoms with Crippen molar-refractivity contribution in [3.63, 3.8) is 0 Å². The zero-order valence-corrected chi connectivity index (χ0v) is 16.2. The highest BCUT2D eigenvalue weighted by molar-refractivity contribution is 7.98. The predicted octanol–water partition coefficient (Wildman–Crippen LogP) is 5.21. The number of benzene rings is 3. The van der Waals surface area contributed by atoms with Crippen LogP contribution in [0.15, 0.2) is 83.8 Å². The minimum atomic E-state index is -0.173. The molecule has 28 heavy (non-hydrogen) atoms. The van der Waals surface area contributed by atoms with Crippen LogP contribution in [0, 0.1) is 0 Å². The molecule has 4 aromatic rings. The summed E-state index contributed by atoms with van der Waals surface area (Å²) < 4.78 is 0. The number of nitrogens with one attached hydrogen (secondary N) is 2. The molecule has 0 bridgehead atoms. The monoisotopic (exact) mass is 385 g/mol. The van der Waals surface area contributed by atoms with Gasteiger partial charge in [0, 0.05) is 10.5 Å². The first kappa shape index (κ1) is 18.1. The third-order valence-electron chi connectivity index (χ3n) is 4.36. The van der Waals surface area contributed by atoms with Crippen LogP contribution >= 0.6 is 11.8 Å². The van der Waals surface area contributed by atoms with Crippen LogP contribution in [-0.2, 0) is 0 Å². The van der Waals surface area contributed by atoms with Crippen LogP contribution in [-0.4, -0.2) is 22.1 Å². The van der Waals surface area contributed by atoms with Crippen molar-refractivity contribution in [3.8, 4) is 0 Å². The number of nitrogens with zero attached hydrogens (tertiary/aromatic N) is 1. The molecule has 1 heterocycles. The number of para-hydroxylation sites is 2. The van der Waals surface area contributed by atoms with Crippen LogP contribution in [0.25, 0.3) is 22.8 Å². The summed E-state index contributed by atoms with van der Waals surface area (Å²) in [5.74, 6) is 0.451. The number of rotatable bonds is 5. The van der Waals surface area contributed by atoms with Gasteiger partial charge in [-0.25, -0.2) is 4.98 Å². The van der Waals surface area contributed by atoms with E-state index in [0.717, 1.165) is 16.6 Å². The average Bonchev–Trinajstić information content (AvgIpc) is 3.18. The van der Waals surface area contributed by atoms with Crippen LogP contribution < -0.4 is 5.32 Å². The Bertz CT molecular complexity index is 1100. The molecule has 2 N–H and O–H groups in total. The Morgan fingerprint density at radius 3 is 2.39 bits per heavy atom. The molecule has 0 unspecified atom stereocenters. The quantitative estimate of drug-likeness (QED) is 0.464. The molecule has 0 atom stereocenters. The van der Waals surface area contributed by atoms with Crippen molar-refractivity contribution < 1.29 is 4.79 Å². The molecule has 1 amide bonds. The highest BCUT2D eigenvalue weighted by Crippen LogP contribution is 2.20. The Morgan fingerprint density at radius 1 is 0.964 bits per heavy atom. The maximum atomic E-state index is 12.7. The Morgan fingerprint density at radius 2 is 1.68 bits per heavy atom. The van der Waals surface area contributed by atoms with E-state index in [4.69, 9.17) is 0 Å². The van der Waals surface area contributed by atoms with Crippen molar-refractivity contribution in [1.82, 2.24) is 15.3 Å². The second kappa shape index (κ2) is 8.15. The molecule has 0 fully saturated rings. The summed E-state index contributed by atoms with van der Waals surface area (Å²) in [5, 5.41) is 3.01. The molecular weight excluding hydrogens is 366 g/mol. The lowest BCUT2D eigenvalue weighted by atomic mass is 10.1. The first-order valence-electron chi connectivity index (χ1n) is 8.90. The maximum absolute atomic E-state index is 12.7. The van der Waals surface area contributed by atoms with Gasteiger partial charge in [0.25, 0.3) is 5.91 Å². The number of thioether (sulfide) groups is 1. The van der Waals surface area contributed by atoms with Crippen molar-refractivity contribution in [1.29, 1.82) is 0 Å². The molecule has 5 heteroatoms. The topological polar surface area (TPSA) is 57.8 Å². The lowest BCUT2D eigenvalue weighted by Gasteiger charge is -2.08. The van der Waals surface area contributed by atoms with Crippen molar-refractivity contribution in [3.05, 3.63) is 95.8 Å². The van der Waals surface area contributed by atoms with E-state index in [1.807, 2.05) is 66.9 Å². The third-order valence-corrected chi connectivity index (χ3v) is 5.10. The zero-order chi connectivity index (χ0) is 19.3. The fourth-order valence-electron chi connectivity index (χ4n) is 2.89. The van der Waals surface area contributed by atoms with Crippen LogP contribution in [0.3, 0.4) is 0 Å². The number of imidazole rings is 1. The molecule has 0 spiro atoms. The fourth-order valence-corrected chi connectivity index (χ4v) is 3.30. The molecule has 4 rings (SSSR count). The van der Waals surface area contributed by atoms with E-state index in [-0.39, 0.29) is 5.91 Å². The summed E-state index contributed by atoms with van der Waals surface area (Å²) in [6, 6.07) is 25.2. The second-order valence-corrected chi connectivity index (χ2v) is 7.13. The molecule has 0 radical (unpaired) electrons. The SMILES string of the molecule is CSc1ccc(/C=C(/NC(=O)c2ccccc2)c2nc3ccccc3[nH]2)cc1. The Labute approximate surface area is 167 Å². The normalized spacial score (nSPS) is 11.5. The smallest absolute Gasteiger partial charge is 0.255 e. The highest BCUT2D eigenvalue weighted by Gasteiger charge is 2.13. The number of carbonyl (C=O) groups is 1. The van der Waals surface area contributed by atoms with Gasteiger partial charge in [0.15, 0.2) is 5.82 Å². The lowest BCUT2D eigenvalue weighted by molar-refractivity contribution is 0.0973. The van der Waals surface area contributed by atoms with E-state index >= 15 is 0 Å². The summed E-state index contributed by atoms with van der Waals surface area (Å²) in [5.41, 5.74) is 4.00. The molecule has 0 aliphatic heterocycles. The van der Waals surface area contributed by atoms with Crippen molar-refractivity contribution >= 4 is 40.5 Å². The molecule has 138 valence electrons. The average molecular weight is 385 g/mol. The molecule has 0 aliphatic rings. The zero-order valence-electron chi connectivity index (χ0n) is 15.3. The number of aromatic amines is 1. The molecular formula is C23H19N3OS. The minimum absolute atomic E-state index is 0.173. The van der Waals surface area contributed by atoms with Crippen molar-refractivity contribution in [2.45, 2.75) is 4.90 Å². The van der Waals surface area contributed by atoms with Gasteiger partial charge in [0.1, 0.15) is 0 Å². The number of hydrogen-bond acceptors (Lipinski definition) is 3. The maximum Gasteiger partial charge on any atom is 0.255 e. The van der Waals surface area contributed by atoms with E-state index in [9.17, 15) is 4.79 Å². The van der Waals surface area contributed by atoms with Gasteiger partial charge in [-0.2, -0.15) is 0 Å². The molecule has 0 saturated carbocycles. The third kappa shape index (κ3) is 4.00. The van der Waals surface area contributed by atoms with E-state index in [1.54, 1.807) is 23.9 Å². The fraction of sp³-hybridized carbons (Fsp3) is 0.0435. The van der Waals surface area contributed by atoms with Gasteiger partial charge in [-0.15, -0.1) is 11.8 Å². The molecule has 1 aromatic heterocycles. The minimum Gasteiger partial charge on any atom is -0.337 e. The van der Waals surface area contributed by atoms with Gasteiger partial charge in [-0.05, 0) is 54.3 Å². The number of amides is 1. The summed E-state index contributed by atoms with van der Waals surface area (Å²) in [6.45, 7) is 0. The van der Waals surface area contributed by atoms with Crippen molar-refractivity contribution in [2.24, 2.45) is 0 Å². The predicted molar refractivity (Wildman–Crippen MR) is 116 cm³/mol. The number of H-pyrrole nitrogens is 1. The first-order valence-corrected chi connectivity index (χ1v) is 10.1. The van der Waals surface area contributed by atoms with E-state index in [2.05, 4.69) is 27.4 Å². The number of fused-ring (bicyclic) bond motifs is 1. The number of hydrogen-bond donors (Lipinski definition) is 2. The largest absolute Gasteiger partial charge is 0.337 e. The van der Waals surface area contributed by atoms with E-state index in [0.29, 0.717) is 17.1 Å². The van der Waals surface area contributed by atoms with Gasteiger partial charge in [-0.3, -0.25) is 4.79 Å². The Kier molecular flexibility index (Phi) is 5.26. The highest BCUT2D eigenvalue weighted by atomic mass is 32.2. The van der Waals surface area contributed by atoms with Gasteiger partial charge in [0.05, 0.1) is 16.7 Å². The van der Waals surface area contributed by atoms with Crippen molar-refractivity contribution in [2.75, 3.05) is 6.26 Å². The summed E-state index contributed by atoms with van der Waals surface area (Å²) in [6.07, 6.45) is 3.98. The summed E-state index contributed by atoms with van der Waals surface area (Å²) in [4.78, 5) is 21.9. The molecule has 3 aromatic carbocycles. The lowest BCUT2D eigenvalue weighted by Crippen LogP contribution is -2.22. The van der Waals surface area contributed by atoms with Gasteiger partial charge in [-0.1, -0.05) is 42.5 Å². The van der Waals surface area contributed by atoms with E-state index < -0.39 is 0 Å². The second-order valence-electron chi connectivity index (χ2n) is 6.25. The van der Waals surface area contributed by atoms with Crippen LogP contribution in [0.1, 0.15) is 21.7 Å². The van der Waals surface area contributed by atoms with Crippen LogP contribution in [0.2, 0.25) is 0 Å².